The lowest BCUT2D eigenvalue weighted by molar-refractivity contribution is -0.128. The summed E-state index contributed by atoms with van der Waals surface area (Å²) in [5.74, 6) is 0.373. The molecule has 4 aliphatic heterocycles. The predicted molar refractivity (Wildman–Crippen MR) is 122 cm³/mol. The standard InChI is InChI=1S/C24H18Br2N2O2/c25-15-3-1-13-11-27-19(5-7-21(27)29)23(17(13)9-15)24-18-10-16(26)4-2-14(18)12-28-20(24)6-8-22(28)30/h1-4,9-10H,5-8,11-12H2. The summed E-state index contributed by atoms with van der Waals surface area (Å²) in [6, 6.07) is 12.6. The molecule has 150 valence electrons. The molecule has 30 heavy (non-hydrogen) atoms. The van der Waals surface area contributed by atoms with Gasteiger partial charge in [-0.15, -0.1) is 0 Å². The number of rotatable bonds is 1. The second kappa shape index (κ2) is 6.66. The fourth-order valence-electron chi connectivity index (χ4n) is 5.23. The number of hydrogen-bond donors (Lipinski definition) is 0. The molecule has 6 heteroatoms. The van der Waals surface area contributed by atoms with Crippen LogP contribution in [-0.2, 0) is 22.7 Å². The number of amides is 2. The predicted octanol–water partition coefficient (Wildman–Crippen LogP) is 5.61. The second-order valence-corrected chi connectivity index (χ2v) is 10.0. The SMILES string of the molecule is O=C1CCC2=C(C3=C4CCC(=O)N4Cc4ccc(Br)cc43)c3cc(Br)ccc3CN12. The minimum atomic E-state index is 0.186. The van der Waals surface area contributed by atoms with Gasteiger partial charge in [0.25, 0.3) is 0 Å². The first-order valence-electron chi connectivity index (χ1n) is 10.2. The van der Waals surface area contributed by atoms with E-state index in [2.05, 4.69) is 56.1 Å². The summed E-state index contributed by atoms with van der Waals surface area (Å²) in [6.45, 7) is 1.24. The molecule has 0 saturated carbocycles. The van der Waals surface area contributed by atoms with E-state index in [9.17, 15) is 9.59 Å². The number of benzene rings is 2. The van der Waals surface area contributed by atoms with Crippen molar-refractivity contribution in [3.63, 3.8) is 0 Å². The van der Waals surface area contributed by atoms with Gasteiger partial charge in [-0.3, -0.25) is 9.59 Å². The van der Waals surface area contributed by atoms with Crippen molar-refractivity contribution in [3.05, 3.63) is 79.0 Å². The van der Waals surface area contributed by atoms with Crippen LogP contribution in [0.25, 0.3) is 11.1 Å². The van der Waals surface area contributed by atoms with E-state index < -0.39 is 0 Å². The Morgan fingerprint density at radius 3 is 1.50 bits per heavy atom. The fraction of sp³-hybridized carbons (Fsp3) is 0.250. The van der Waals surface area contributed by atoms with E-state index in [1.807, 2.05) is 21.9 Å². The molecule has 4 aliphatic rings. The maximum absolute atomic E-state index is 12.7. The van der Waals surface area contributed by atoms with Gasteiger partial charge in [-0.25, -0.2) is 0 Å². The minimum absolute atomic E-state index is 0.186. The number of allylic oxidation sites excluding steroid dienone is 4. The Morgan fingerprint density at radius 2 is 1.07 bits per heavy atom. The number of carbonyl (C=O) groups excluding carboxylic acids is 2. The highest BCUT2D eigenvalue weighted by molar-refractivity contribution is 9.10. The molecule has 0 radical (unpaired) electrons. The Hall–Kier alpha value is -2.18. The molecule has 0 aliphatic carbocycles. The average Bonchev–Trinajstić information content (AvgIpc) is 3.28. The highest BCUT2D eigenvalue weighted by Gasteiger charge is 2.40. The third-order valence-corrected chi connectivity index (χ3v) is 7.56. The molecular formula is C24H18Br2N2O2. The summed E-state index contributed by atoms with van der Waals surface area (Å²) < 4.78 is 2.04. The summed E-state index contributed by atoms with van der Waals surface area (Å²) in [7, 11) is 0. The lowest BCUT2D eigenvalue weighted by Crippen LogP contribution is -2.30. The molecule has 2 saturated heterocycles. The van der Waals surface area contributed by atoms with Gasteiger partial charge in [-0.2, -0.15) is 0 Å². The molecule has 0 atom stereocenters. The van der Waals surface area contributed by atoms with Crippen LogP contribution >= 0.6 is 31.9 Å². The van der Waals surface area contributed by atoms with Crippen LogP contribution in [0, 0.1) is 0 Å². The third-order valence-electron chi connectivity index (χ3n) is 6.57. The van der Waals surface area contributed by atoms with Crippen LogP contribution < -0.4 is 0 Å². The molecular weight excluding hydrogens is 508 g/mol. The Morgan fingerprint density at radius 1 is 0.633 bits per heavy atom. The molecule has 6 rings (SSSR count). The minimum Gasteiger partial charge on any atom is -0.311 e. The van der Waals surface area contributed by atoms with Crippen LogP contribution in [0.1, 0.15) is 47.9 Å². The van der Waals surface area contributed by atoms with Crippen molar-refractivity contribution in [2.45, 2.75) is 38.8 Å². The van der Waals surface area contributed by atoms with Gasteiger partial charge >= 0.3 is 0 Å². The first kappa shape index (κ1) is 18.6. The topological polar surface area (TPSA) is 40.6 Å². The number of hydrogen-bond acceptors (Lipinski definition) is 2. The van der Waals surface area contributed by atoms with Gasteiger partial charge in [0.2, 0.25) is 11.8 Å². The van der Waals surface area contributed by atoms with Crippen LogP contribution in [0.4, 0.5) is 0 Å². The second-order valence-electron chi connectivity index (χ2n) is 8.21. The Balaban J connectivity index is 1.70. The van der Waals surface area contributed by atoms with Gasteiger partial charge < -0.3 is 9.80 Å². The van der Waals surface area contributed by atoms with E-state index in [0.29, 0.717) is 25.9 Å². The van der Waals surface area contributed by atoms with Gasteiger partial charge in [0, 0.05) is 44.3 Å². The van der Waals surface area contributed by atoms with Crippen molar-refractivity contribution < 1.29 is 9.59 Å². The van der Waals surface area contributed by atoms with Gasteiger partial charge in [0.05, 0.1) is 13.1 Å². The molecule has 2 aromatic carbocycles. The number of nitrogens with zero attached hydrogens (tertiary/aromatic N) is 2. The summed E-state index contributed by atoms with van der Waals surface area (Å²) in [4.78, 5) is 29.3. The maximum atomic E-state index is 12.7. The molecule has 0 bridgehead atoms. The molecule has 0 N–H and O–H groups in total. The van der Waals surface area contributed by atoms with Crippen molar-refractivity contribution in [2.75, 3.05) is 0 Å². The van der Waals surface area contributed by atoms with Crippen LogP contribution in [-0.4, -0.2) is 21.6 Å². The molecule has 0 unspecified atom stereocenters. The normalized spacial score (nSPS) is 19.9. The summed E-state index contributed by atoms with van der Waals surface area (Å²) in [5, 5.41) is 0. The van der Waals surface area contributed by atoms with E-state index in [1.165, 1.54) is 11.1 Å². The number of halogens is 2. The van der Waals surface area contributed by atoms with Crippen LogP contribution in [0.15, 0.2) is 56.7 Å². The van der Waals surface area contributed by atoms with E-state index >= 15 is 0 Å². The van der Waals surface area contributed by atoms with E-state index in [1.54, 1.807) is 0 Å². The van der Waals surface area contributed by atoms with Gasteiger partial charge in [0.1, 0.15) is 0 Å². The molecule has 2 aromatic rings. The molecule has 2 amide bonds. The molecule has 0 aromatic heterocycles. The fourth-order valence-corrected chi connectivity index (χ4v) is 5.95. The van der Waals surface area contributed by atoms with Crippen LogP contribution in [0.2, 0.25) is 0 Å². The molecule has 4 heterocycles. The first-order valence-corrected chi connectivity index (χ1v) is 11.7. The van der Waals surface area contributed by atoms with Crippen molar-refractivity contribution in [3.8, 4) is 0 Å². The summed E-state index contributed by atoms with van der Waals surface area (Å²) in [6.07, 6.45) is 2.58. The molecule has 4 nitrogen and oxygen atoms in total. The van der Waals surface area contributed by atoms with Gasteiger partial charge in [-0.05, 0) is 59.4 Å². The van der Waals surface area contributed by atoms with Gasteiger partial charge in [0.15, 0.2) is 0 Å². The molecule has 2 fully saturated rings. The highest BCUT2D eigenvalue weighted by Crippen LogP contribution is 2.51. The highest BCUT2D eigenvalue weighted by atomic mass is 79.9. The zero-order valence-corrected chi connectivity index (χ0v) is 19.3. The van der Waals surface area contributed by atoms with Gasteiger partial charge in [-0.1, -0.05) is 44.0 Å². The Bertz CT molecular complexity index is 1130. The smallest absolute Gasteiger partial charge is 0.227 e. The summed E-state index contributed by atoms with van der Waals surface area (Å²) >= 11 is 7.29. The number of carbonyl (C=O) groups is 2. The van der Waals surface area contributed by atoms with Crippen molar-refractivity contribution in [2.24, 2.45) is 0 Å². The van der Waals surface area contributed by atoms with E-state index in [0.717, 1.165) is 55.5 Å². The summed E-state index contributed by atoms with van der Waals surface area (Å²) in [5.41, 5.74) is 9.08. The Kier molecular flexibility index (Phi) is 4.12. The molecule has 0 spiro atoms. The quantitative estimate of drug-likeness (QED) is 0.485. The van der Waals surface area contributed by atoms with Crippen molar-refractivity contribution in [1.29, 1.82) is 0 Å². The zero-order valence-electron chi connectivity index (χ0n) is 16.2. The monoisotopic (exact) mass is 524 g/mol. The van der Waals surface area contributed by atoms with Crippen molar-refractivity contribution in [1.82, 2.24) is 9.80 Å². The zero-order chi connectivity index (χ0) is 20.6. The van der Waals surface area contributed by atoms with E-state index in [4.69, 9.17) is 0 Å². The van der Waals surface area contributed by atoms with Crippen molar-refractivity contribution >= 4 is 54.8 Å². The first-order chi connectivity index (χ1) is 14.5. The average molecular weight is 526 g/mol. The Labute approximate surface area is 191 Å². The maximum Gasteiger partial charge on any atom is 0.227 e. The largest absolute Gasteiger partial charge is 0.311 e. The van der Waals surface area contributed by atoms with Crippen LogP contribution in [0.3, 0.4) is 0 Å². The lowest BCUT2D eigenvalue weighted by atomic mass is 9.81. The van der Waals surface area contributed by atoms with Crippen LogP contribution in [0.5, 0.6) is 0 Å². The lowest BCUT2D eigenvalue weighted by Gasteiger charge is -2.35. The third kappa shape index (κ3) is 2.63. The van der Waals surface area contributed by atoms with E-state index in [-0.39, 0.29) is 11.8 Å². The number of fused-ring (bicyclic) bond motifs is 4.